The highest BCUT2D eigenvalue weighted by Gasteiger charge is 2.31. The van der Waals surface area contributed by atoms with Crippen LogP contribution in [0, 0.1) is 17.8 Å². The minimum atomic E-state index is -0.785. The quantitative estimate of drug-likeness (QED) is 0.740. The molecule has 1 aliphatic heterocycles. The molecule has 1 amide bonds. The number of rotatable bonds is 6. The first kappa shape index (κ1) is 15.0. The summed E-state index contributed by atoms with van der Waals surface area (Å²) in [4.78, 5) is 24.7. The second-order valence-electron chi connectivity index (χ2n) is 5.60. The third-order valence-electron chi connectivity index (χ3n) is 3.45. The number of carboxylic acid groups (broad SMARTS) is 1. The predicted molar refractivity (Wildman–Crippen MR) is 68.9 cm³/mol. The third-order valence-corrected chi connectivity index (χ3v) is 3.45. The maximum atomic E-state index is 12.2. The first-order valence-corrected chi connectivity index (χ1v) is 6.64. The Bertz CT molecular complexity index is 305. The van der Waals surface area contributed by atoms with Crippen molar-refractivity contribution in [3.63, 3.8) is 0 Å². The molecule has 3 N–H and O–H groups in total. The van der Waals surface area contributed by atoms with Crippen molar-refractivity contribution >= 4 is 11.9 Å². The fourth-order valence-electron chi connectivity index (χ4n) is 2.57. The highest BCUT2D eigenvalue weighted by atomic mass is 16.4. The number of nitrogens with zero attached hydrogens (tertiary/aromatic N) is 1. The first-order valence-electron chi connectivity index (χ1n) is 6.64. The summed E-state index contributed by atoms with van der Waals surface area (Å²) < 4.78 is 0. The zero-order chi connectivity index (χ0) is 13.7. The van der Waals surface area contributed by atoms with Gasteiger partial charge in [-0.2, -0.15) is 0 Å². The molecular weight excluding hydrogens is 232 g/mol. The van der Waals surface area contributed by atoms with Gasteiger partial charge in [0.2, 0.25) is 5.91 Å². The fraction of sp³-hybridized carbons (Fsp3) is 0.846. The van der Waals surface area contributed by atoms with Crippen LogP contribution in [0.3, 0.4) is 0 Å². The van der Waals surface area contributed by atoms with Gasteiger partial charge in [0.1, 0.15) is 0 Å². The minimum Gasteiger partial charge on any atom is -0.481 e. The molecule has 5 nitrogen and oxygen atoms in total. The van der Waals surface area contributed by atoms with E-state index in [9.17, 15) is 9.59 Å². The first-order chi connectivity index (χ1) is 8.43. The van der Waals surface area contributed by atoms with E-state index in [4.69, 9.17) is 10.8 Å². The molecule has 0 radical (unpaired) electrons. The predicted octanol–water partition coefficient (Wildman–Crippen LogP) is 0.931. The van der Waals surface area contributed by atoms with Crippen LogP contribution in [0.15, 0.2) is 0 Å². The standard InChI is InChI=1S/C13H24N2O3/c1-9(2)5-11(7-14)13(18)15-4-3-10(8-15)6-12(16)17/h9-11H,3-8,14H2,1-2H3,(H,16,17). The molecule has 18 heavy (non-hydrogen) atoms. The van der Waals surface area contributed by atoms with Crippen molar-refractivity contribution in [2.24, 2.45) is 23.5 Å². The molecule has 5 heteroatoms. The fourth-order valence-corrected chi connectivity index (χ4v) is 2.57. The molecular formula is C13H24N2O3. The molecule has 2 atom stereocenters. The van der Waals surface area contributed by atoms with E-state index in [1.54, 1.807) is 4.90 Å². The van der Waals surface area contributed by atoms with Gasteiger partial charge in [0.15, 0.2) is 0 Å². The molecule has 1 fully saturated rings. The summed E-state index contributed by atoms with van der Waals surface area (Å²) in [6.07, 6.45) is 1.74. The topological polar surface area (TPSA) is 83.6 Å². The van der Waals surface area contributed by atoms with Crippen LogP contribution in [-0.2, 0) is 9.59 Å². The SMILES string of the molecule is CC(C)CC(CN)C(=O)N1CCC(CC(=O)O)C1. The molecule has 0 aromatic heterocycles. The van der Waals surface area contributed by atoms with E-state index in [2.05, 4.69) is 13.8 Å². The lowest BCUT2D eigenvalue weighted by Gasteiger charge is -2.23. The van der Waals surface area contributed by atoms with Gasteiger partial charge in [-0.25, -0.2) is 0 Å². The van der Waals surface area contributed by atoms with Gasteiger partial charge in [-0.3, -0.25) is 9.59 Å². The molecule has 0 saturated carbocycles. The summed E-state index contributed by atoms with van der Waals surface area (Å²) in [6, 6.07) is 0. The van der Waals surface area contributed by atoms with E-state index in [1.807, 2.05) is 0 Å². The number of likely N-dealkylation sites (tertiary alicyclic amines) is 1. The number of carboxylic acids is 1. The van der Waals surface area contributed by atoms with Crippen molar-refractivity contribution < 1.29 is 14.7 Å². The Kier molecular flexibility index (Phi) is 5.59. The van der Waals surface area contributed by atoms with Gasteiger partial charge in [-0.15, -0.1) is 0 Å². The van der Waals surface area contributed by atoms with Crippen molar-refractivity contribution in [3.05, 3.63) is 0 Å². The van der Waals surface area contributed by atoms with Crippen molar-refractivity contribution in [3.8, 4) is 0 Å². The molecule has 1 heterocycles. The van der Waals surface area contributed by atoms with E-state index in [0.717, 1.165) is 12.8 Å². The van der Waals surface area contributed by atoms with Crippen molar-refractivity contribution in [2.75, 3.05) is 19.6 Å². The molecule has 0 aromatic carbocycles. The zero-order valence-corrected chi connectivity index (χ0v) is 11.3. The number of aliphatic carboxylic acids is 1. The van der Waals surface area contributed by atoms with Gasteiger partial charge in [0, 0.05) is 26.1 Å². The molecule has 2 unspecified atom stereocenters. The van der Waals surface area contributed by atoms with E-state index in [-0.39, 0.29) is 24.2 Å². The second kappa shape index (κ2) is 6.73. The summed E-state index contributed by atoms with van der Waals surface area (Å²) >= 11 is 0. The molecule has 1 rings (SSSR count). The third kappa shape index (κ3) is 4.29. The van der Waals surface area contributed by atoms with Gasteiger partial charge in [-0.05, 0) is 24.7 Å². The average molecular weight is 256 g/mol. The van der Waals surface area contributed by atoms with Gasteiger partial charge in [0.25, 0.3) is 0 Å². The van der Waals surface area contributed by atoms with Crippen molar-refractivity contribution in [1.29, 1.82) is 0 Å². The van der Waals surface area contributed by atoms with Crippen LogP contribution in [0.2, 0.25) is 0 Å². The summed E-state index contributed by atoms with van der Waals surface area (Å²) in [5.74, 6) is -0.261. The Morgan fingerprint density at radius 1 is 1.44 bits per heavy atom. The van der Waals surface area contributed by atoms with E-state index in [0.29, 0.717) is 25.6 Å². The molecule has 1 aliphatic rings. The highest BCUT2D eigenvalue weighted by Crippen LogP contribution is 2.23. The summed E-state index contributed by atoms with van der Waals surface area (Å²) in [5.41, 5.74) is 5.66. The van der Waals surface area contributed by atoms with Crippen LogP contribution in [0.5, 0.6) is 0 Å². The summed E-state index contributed by atoms with van der Waals surface area (Å²) in [6.45, 7) is 5.77. The maximum Gasteiger partial charge on any atom is 0.303 e. The van der Waals surface area contributed by atoms with Crippen LogP contribution in [-0.4, -0.2) is 41.5 Å². The Morgan fingerprint density at radius 2 is 2.11 bits per heavy atom. The maximum absolute atomic E-state index is 12.2. The monoisotopic (exact) mass is 256 g/mol. The van der Waals surface area contributed by atoms with Gasteiger partial charge >= 0.3 is 5.97 Å². The van der Waals surface area contributed by atoms with Gasteiger partial charge in [-0.1, -0.05) is 13.8 Å². The lowest BCUT2D eigenvalue weighted by Crippen LogP contribution is -2.38. The van der Waals surface area contributed by atoms with Crippen LogP contribution in [0.4, 0.5) is 0 Å². The van der Waals surface area contributed by atoms with Gasteiger partial charge in [0.05, 0.1) is 5.92 Å². The van der Waals surface area contributed by atoms with Crippen molar-refractivity contribution in [1.82, 2.24) is 4.90 Å². The second-order valence-corrected chi connectivity index (χ2v) is 5.60. The Morgan fingerprint density at radius 3 is 2.61 bits per heavy atom. The Balaban J connectivity index is 2.49. The largest absolute Gasteiger partial charge is 0.481 e. The van der Waals surface area contributed by atoms with Crippen molar-refractivity contribution in [2.45, 2.75) is 33.1 Å². The highest BCUT2D eigenvalue weighted by molar-refractivity contribution is 5.79. The lowest BCUT2D eigenvalue weighted by molar-refractivity contribution is -0.139. The van der Waals surface area contributed by atoms with Gasteiger partial charge < -0.3 is 15.7 Å². The Labute approximate surface area is 108 Å². The molecule has 0 spiro atoms. The zero-order valence-electron chi connectivity index (χ0n) is 11.3. The smallest absolute Gasteiger partial charge is 0.303 e. The number of nitrogens with two attached hydrogens (primary N) is 1. The number of hydrogen-bond acceptors (Lipinski definition) is 3. The number of amides is 1. The number of carbonyl (C=O) groups excluding carboxylic acids is 1. The van der Waals surface area contributed by atoms with Crippen LogP contribution < -0.4 is 5.73 Å². The Hall–Kier alpha value is -1.10. The van der Waals surface area contributed by atoms with E-state index >= 15 is 0 Å². The minimum absolute atomic E-state index is 0.0964. The lowest BCUT2D eigenvalue weighted by atomic mass is 9.96. The summed E-state index contributed by atoms with van der Waals surface area (Å²) in [7, 11) is 0. The van der Waals surface area contributed by atoms with Crippen LogP contribution in [0.1, 0.15) is 33.1 Å². The molecule has 0 bridgehead atoms. The molecule has 0 aromatic rings. The normalized spacial score (nSPS) is 21.3. The van der Waals surface area contributed by atoms with Crippen LogP contribution in [0.25, 0.3) is 0 Å². The molecule has 1 saturated heterocycles. The average Bonchev–Trinajstić information content (AvgIpc) is 2.72. The van der Waals surface area contributed by atoms with E-state index < -0.39 is 5.97 Å². The molecule has 0 aliphatic carbocycles. The molecule has 104 valence electrons. The number of hydrogen-bond donors (Lipinski definition) is 2. The van der Waals surface area contributed by atoms with Crippen LogP contribution >= 0.6 is 0 Å². The summed E-state index contributed by atoms with van der Waals surface area (Å²) in [5, 5.41) is 8.75. The van der Waals surface area contributed by atoms with E-state index in [1.165, 1.54) is 0 Å². The number of carbonyl (C=O) groups is 2.